The van der Waals surface area contributed by atoms with E-state index in [1.54, 1.807) is 7.11 Å². The first-order chi connectivity index (χ1) is 22.0. The van der Waals surface area contributed by atoms with E-state index in [1.165, 1.54) is 16.9 Å². The van der Waals surface area contributed by atoms with Gasteiger partial charge in [0.05, 0.1) is 30.0 Å². The number of benzene rings is 4. The molecule has 45 heavy (non-hydrogen) atoms. The molecule has 1 aliphatic heterocycles. The topological polar surface area (TPSA) is 62.0 Å². The number of allylic oxidation sites excluding steroid dienone is 1. The van der Waals surface area contributed by atoms with E-state index in [9.17, 15) is 4.79 Å². The van der Waals surface area contributed by atoms with Gasteiger partial charge >= 0.3 is 0 Å². The van der Waals surface area contributed by atoms with Crippen LogP contribution in [0.15, 0.2) is 106 Å². The van der Waals surface area contributed by atoms with Crippen LogP contribution in [0.25, 0.3) is 11.8 Å². The Morgan fingerprint density at radius 3 is 2.64 bits per heavy atom. The number of methoxy groups -OCH3 is 1. The Morgan fingerprint density at radius 1 is 0.956 bits per heavy atom. The average molecular weight is 635 g/mol. The highest BCUT2D eigenvalue weighted by Crippen LogP contribution is 2.41. The van der Waals surface area contributed by atoms with Crippen LogP contribution in [-0.4, -0.2) is 18.3 Å². The van der Waals surface area contributed by atoms with Crippen LogP contribution < -0.4 is 29.1 Å². The maximum Gasteiger partial charge on any atom is 0.271 e. The summed E-state index contributed by atoms with van der Waals surface area (Å²) in [6.45, 7) is 2.72. The highest BCUT2D eigenvalue weighted by atomic mass is 35.5. The van der Waals surface area contributed by atoms with E-state index in [2.05, 4.69) is 30.3 Å². The molecule has 1 aliphatic carbocycles. The molecule has 5 aromatic rings. The molecule has 0 amide bonds. The molecule has 0 spiro atoms. The number of halogens is 1. The number of nitrogens with zero attached hydrogens (tertiary/aromatic N) is 2. The summed E-state index contributed by atoms with van der Waals surface area (Å²) in [7, 11) is 1.66. The third-order valence-corrected chi connectivity index (χ3v) is 9.54. The molecule has 6 nitrogen and oxygen atoms in total. The summed E-state index contributed by atoms with van der Waals surface area (Å²) in [5.41, 5.74) is 7.19. The summed E-state index contributed by atoms with van der Waals surface area (Å²) < 4.78 is 20.1. The summed E-state index contributed by atoms with van der Waals surface area (Å²) >= 11 is 7.73. The smallest absolute Gasteiger partial charge is 0.271 e. The first-order valence-electron chi connectivity index (χ1n) is 14.9. The minimum Gasteiger partial charge on any atom is -0.497 e. The van der Waals surface area contributed by atoms with Gasteiger partial charge in [0, 0.05) is 16.1 Å². The Hall–Kier alpha value is -4.59. The lowest BCUT2D eigenvalue weighted by molar-refractivity contribution is 0.269. The molecule has 0 bridgehead atoms. The van der Waals surface area contributed by atoms with Crippen molar-refractivity contribution < 1.29 is 14.2 Å². The second kappa shape index (κ2) is 12.4. The van der Waals surface area contributed by atoms with Gasteiger partial charge in [-0.3, -0.25) is 9.36 Å². The third kappa shape index (κ3) is 5.58. The molecule has 2 aliphatic rings. The molecule has 0 fully saturated rings. The zero-order valence-corrected chi connectivity index (χ0v) is 26.5. The number of aryl methyl sites for hydroxylation is 1. The van der Waals surface area contributed by atoms with Crippen molar-refractivity contribution in [2.45, 2.75) is 32.4 Å². The third-order valence-electron chi connectivity index (χ3n) is 8.19. The lowest BCUT2D eigenvalue weighted by Gasteiger charge is -2.31. The Morgan fingerprint density at radius 2 is 1.80 bits per heavy atom. The molecule has 0 N–H and O–H groups in total. The first-order valence-corrected chi connectivity index (χ1v) is 16.1. The fourth-order valence-electron chi connectivity index (χ4n) is 6.06. The lowest BCUT2D eigenvalue weighted by atomic mass is 9.83. The molecular weight excluding hydrogens is 604 g/mol. The van der Waals surface area contributed by atoms with Gasteiger partial charge in [-0.25, -0.2) is 4.99 Å². The van der Waals surface area contributed by atoms with Gasteiger partial charge in [-0.2, -0.15) is 0 Å². The van der Waals surface area contributed by atoms with Crippen molar-refractivity contribution in [2.75, 3.05) is 13.7 Å². The van der Waals surface area contributed by atoms with Crippen LogP contribution >= 0.6 is 22.9 Å². The summed E-state index contributed by atoms with van der Waals surface area (Å²) in [4.78, 5) is 20.0. The molecule has 1 atom stereocenters. The van der Waals surface area contributed by atoms with E-state index in [-0.39, 0.29) is 11.6 Å². The molecule has 0 unspecified atom stereocenters. The van der Waals surface area contributed by atoms with Crippen LogP contribution in [-0.2, 0) is 13.0 Å². The number of aromatic nitrogens is 1. The fraction of sp³-hybridized carbons (Fsp3) is 0.189. The average Bonchev–Trinajstić information content (AvgIpc) is 3.38. The largest absolute Gasteiger partial charge is 0.497 e. The molecule has 4 aromatic carbocycles. The molecule has 0 radical (unpaired) electrons. The van der Waals surface area contributed by atoms with Gasteiger partial charge in [0.2, 0.25) is 0 Å². The lowest BCUT2D eigenvalue weighted by Crippen LogP contribution is -2.38. The van der Waals surface area contributed by atoms with Crippen molar-refractivity contribution in [1.29, 1.82) is 0 Å². The van der Waals surface area contributed by atoms with Crippen molar-refractivity contribution in [1.82, 2.24) is 4.57 Å². The number of hydrogen-bond acceptors (Lipinski definition) is 6. The van der Waals surface area contributed by atoms with Gasteiger partial charge < -0.3 is 14.2 Å². The highest BCUT2D eigenvalue weighted by molar-refractivity contribution is 7.07. The molecule has 2 heterocycles. The van der Waals surface area contributed by atoms with E-state index in [0.29, 0.717) is 39.1 Å². The van der Waals surface area contributed by atoms with Crippen LogP contribution in [0.3, 0.4) is 0 Å². The van der Waals surface area contributed by atoms with Gasteiger partial charge in [-0.1, -0.05) is 83.6 Å². The number of fused-ring (bicyclic) bond motifs is 3. The number of ether oxygens (including phenoxy) is 3. The normalized spacial score (nSPS) is 15.5. The first kappa shape index (κ1) is 29.1. The van der Waals surface area contributed by atoms with Gasteiger partial charge in [0.25, 0.3) is 5.56 Å². The molecule has 226 valence electrons. The quantitative estimate of drug-likeness (QED) is 0.185. The predicted octanol–water partition coefficient (Wildman–Crippen LogP) is 6.96. The Kier molecular flexibility index (Phi) is 8.04. The van der Waals surface area contributed by atoms with Crippen molar-refractivity contribution in [3.8, 4) is 17.2 Å². The molecule has 0 saturated carbocycles. The molecule has 7 rings (SSSR count). The maximum absolute atomic E-state index is 14.2. The van der Waals surface area contributed by atoms with Crippen molar-refractivity contribution in [3.63, 3.8) is 0 Å². The van der Waals surface area contributed by atoms with Gasteiger partial charge in [-0.05, 0) is 78.4 Å². The second-order valence-electron chi connectivity index (χ2n) is 10.9. The summed E-state index contributed by atoms with van der Waals surface area (Å²) in [6, 6.07) is 29.5. The number of rotatable bonds is 8. The van der Waals surface area contributed by atoms with Crippen LogP contribution in [0.2, 0.25) is 5.02 Å². The van der Waals surface area contributed by atoms with Gasteiger partial charge in [-0.15, -0.1) is 0 Å². The van der Waals surface area contributed by atoms with Gasteiger partial charge in [0.15, 0.2) is 16.3 Å². The predicted molar refractivity (Wildman–Crippen MR) is 179 cm³/mol. The van der Waals surface area contributed by atoms with Crippen LogP contribution in [0.5, 0.6) is 17.2 Å². The van der Waals surface area contributed by atoms with Crippen molar-refractivity contribution in [3.05, 3.63) is 149 Å². The standard InChI is InChI=1S/C37H31ClN2O4S/c1-3-43-32-19-23(15-18-31(32)44-22-26-10-5-7-14-30(26)38)20-33-36(41)40-35(25-11-8-12-27(21-25)42-2)29-17-16-24-9-4-6-13-28(24)34(29)39-37(40)45-33/h4-15,18-21,35H,3,16-17,22H2,1-2H3/b33-20+/t35-/m1/s1. The molecule has 8 heteroatoms. The number of thiazole rings is 1. The number of hydrogen-bond donors (Lipinski definition) is 0. The van der Waals surface area contributed by atoms with Crippen LogP contribution in [0.1, 0.15) is 47.2 Å². The zero-order chi connectivity index (χ0) is 30.9. The van der Waals surface area contributed by atoms with E-state index in [1.807, 2.05) is 78.2 Å². The minimum atomic E-state index is -0.276. The Bertz CT molecular complexity index is 2130. The SMILES string of the molecule is CCOc1cc(/C=c2/sc3n(c2=O)[C@H](c2cccc(OC)c2)C2=C(N=3)c3ccccc3CC2)ccc1OCc1ccccc1Cl. The van der Waals surface area contributed by atoms with E-state index < -0.39 is 0 Å². The molecule has 0 saturated heterocycles. The van der Waals surface area contributed by atoms with E-state index in [4.69, 9.17) is 30.8 Å². The van der Waals surface area contributed by atoms with Crippen LogP contribution in [0, 0.1) is 0 Å². The minimum absolute atomic E-state index is 0.0750. The molecule has 1 aromatic heterocycles. The summed E-state index contributed by atoms with van der Waals surface area (Å²) in [5, 5.41) is 0.653. The van der Waals surface area contributed by atoms with Crippen LogP contribution in [0.4, 0.5) is 0 Å². The zero-order valence-electron chi connectivity index (χ0n) is 25.0. The Balaban J connectivity index is 1.32. The molecular formula is C37H31ClN2O4S. The van der Waals surface area contributed by atoms with Gasteiger partial charge in [0.1, 0.15) is 12.4 Å². The summed E-state index contributed by atoms with van der Waals surface area (Å²) in [5.74, 6) is 1.97. The van der Waals surface area contributed by atoms with Crippen molar-refractivity contribution >= 4 is 34.7 Å². The van der Waals surface area contributed by atoms with Crippen molar-refractivity contribution in [2.24, 2.45) is 4.99 Å². The Labute approximate surface area is 270 Å². The fourth-order valence-corrected chi connectivity index (χ4v) is 7.25. The summed E-state index contributed by atoms with van der Waals surface area (Å²) in [6.07, 6.45) is 3.64. The highest BCUT2D eigenvalue weighted by Gasteiger charge is 2.32. The monoisotopic (exact) mass is 634 g/mol. The maximum atomic E-state index is 14.2. The second-order valence-corrected chi connectivity index (χ2v) is 12.3. The van der Waals surface area contributed by atoms with E-state index >= 15 is 0 Å². The van der Waals surface area contributed by atoms with E-state index in [0.717, 1.165) is 52.1 Å².